The first-order valence-electron chi connectivity index (χ1n) is 10.3. The number of piperazine rings is 1. The molecule has 1 amide bonds. The number of benzene rings is 2. The number of amides is 1. The van der Waals surface area contributed by atoms with Gasteiger partial charge in [-0.2, -0.15) is 0 Å². The first kappa shape index (κ1) is 21.2. The molecular formula is C24H30FN3O. The summed E-state index contributed by atoms with van der Waals surface area (Å²) >= 11 is 0. The molecule has 1 aliphatic rings. The van der Waals surface area contributed by atoms with Gasteiger partial charge in [0.15, 0.2) is 0 Å². The molecule has 2 aromatic carbocycles. The highest BCUT2D eigenvalue weighted by Crippen LogP contribution is 2.08. The van der Waals surface area contributed by atoms with Gasteiger partial charge in [-0.3, -0.25) is 14.6 Å². The third-order valence-electron chi connectivity index (χ3n) is 5.43. The maximum Gasteiger partial charge on any atom is 0.237 e. The van der Waals surface area contributed by atoms with Crippen molar-refractivity contribution in [3.05, 3.63) is 77.6 Å². The van der Waals surface area contributed by atoms with Crippen molar-refractivity contribution in [3.63, 3.8) is 0 Å². The van der Waals surface area contributed by atoms with E-state index in [1.165, 1.54) is 17.7 Å². The average Bonchev–Trinajstić information content (AvgIpc) is 2.76. The number of halogens is 1. The van der Waals surface area contributed by atoms with Gasteiger partial charge >= 0.3 is 0 Å². The number of rotatable bonds is 8. The molecule has 1 heterocycles. The molecule has 0 bridgehead atoms. The molecule has 1 fully saturated rings. The van der Waals surface area contributed by atoms with E-state index in [0.29, 0.717) is 13.0 Å². The zero-order valence-electron chi connectivity index (χ0n) is 17.1. The number of hydrogen-bond donors (Lipinski definition) is 1. The number of carbonyl (C=O) groups is 1. The van der Waals surface area contributed by atoms with Crippen molar-refractivity contribution in [2.24, 2.45) is 0 Å². The Bertz CT molecular complexity index is 784. The minimum atomic E-state index is -0.235. The molecule has 0 spiro atoms. The second kappa shape index (κ2) is 10.9. The van der Waals surface area contributed by atoms with Gasteiger partial charge in [-0.25, -0.2) is 4.39 Å². The van der Waals surface area contributed by atoms with Crippen LogP contribution in [0.1, 0.15) is 18.1 Å². The van der Waals surface area contributed by atoms with E-state index in [4.69, 9.17) is 0 Å². The normalized spacial score (nSPS) is 16.8. The van der Waals surface area contributed by atoms with Crippen LogP contribution in [0.5, 0.6) is 0 Å². The topological polar surface area (TPSA) is 35.6 Å². The van der Waals surface area contributed by atoms with Gasteiger partial charge in [0.05, 0.1) is 6.04 Å². The molecule has 2 aromatic rings. The SMILES string of the molecule is CC(C(=O)NCCc1ccc(F)cc1)N1CCN(C/C=C/c2ccccc2)CC1. The minimum absolute atomic E-state index is 0.0598. The standard InChI is InChI=1S/C24H30FN3O/c1-20(24(29)26-14-13-22-9-11-23(25)12-10-22)28-18-16-27(17-19-28)15-5-8-21-6-3-2-4-7-21/h2-12,20H,13-19H2,1H3,(H,26,29)/b8-5+. The maximum absolute atomic E-state index is 12.9. The van der Waals surface area contributed by atoms with Crippen LogP contribution in [0.4, 0.5) is 4.39 Å². The zero-order chi connectivity index (χ0) is 20.5. The summed E-state index contributed by atoms with van der Waals surface area (Å²) in [5.41, 5.74) is 2.24. The largest absolute Gasteiger partial charge is 0.354 e. The van der Waals surface area contributed by atoms with Crippen LogP contribution in [0, 0.1) is 5.82 Å². The molecule has 0 radical (unpaired) electrons. The molecule has 0 aromatic heterocycles. The summed E-state index contributed by atoms with van der Waals surface area (Å²) in [6.07, 6.45) is 5.07. The van der Waals surface area contributed by atoms with Crippen LogP contribution < -0.4 is 5.32 Å². The van der Waals surface area contributed by atoms with Gasteiger partial charge in [-0.1, -0.05) is 54.6 Å². The van der Waals surface area contributed by atoms with E-state index in [-0.39, 0.29) is 17.8 Å². The number of carbonyl (C=O) groups excluding carboxylic acids is 1. The lowest BCUT2D eigenvalue weighted by Crippen LogP contribution is -2.54. The molecule has 1 atom stereocenters. The summed E-state index contributed by atoms with van der Waals surface area (Å²) in [6, 6.07) is 16.6. The Hall–Kier alpha value is -2.50. The fourth-order valence-electron chi connectivity index (χ4n) is 3.53. The van der Waals surface area contributed by atoms with Gasteiger partial charge in [-0.05, 0) is 36.6 Å². The highest BCUT2D eigenvalue weighted by Gasteiger charge is 2.24. The number of nitrogens with zero attached hydrogens (tertiary/aromatic N) is 2. The highest BCUT2D eigenvalue weighted by atomic mass is 19.1. The van der Waals surface area contributed by atoms with E-state index in [1.807, 2.05) is 25.1 Å². The lowest BCUT2D eigenvalue weighted by molar-refractivity contribution is -0.126. The summed E-state index contributed by atoms with van der Waals surface area (Å²) in [5.74, 6) is -0.175. The van der Waals surface area contributed by atoms with Crippen molar-refractivity contribution < 1.29 is 9.18 Å². The van der Waals surface area contributed by atoms with Crippen molar-refractivity contribution in [1.82, 2.24) is 15.1 Å². The van der Waals surface area contributed by atoms with Crippen LogP contribution in [0.15, 0.2) is 60.7 Å². The second-order valence-electron chi connectivity index (χ2n) is 7.49. The molecule has 0 saturated carbocycles. The van der Waals surface area contributed by atoms with E-state index in [2.05, 4.69) is 39.4 Å². The summed E-state index contributed by atoms with van der Waals surface area (Å²) in [5, 5.41) is 3.01. The first-order chi connectivity index (χ1) is 14.1. The van der Waals surface area contributed by atoms with E-state index in [1.54, 1.807) is 12.1 Å². The smallest absolute Gasteiger partial charge is 0.237 e. The fourth-order valence-corrected chi connectivity index (χ4v) is 3.53. The van der Waals surface area contributed by atoms with Crippen molar-refractivity contribution in [1.29, 1.82) is 0 Å². The zero-order valence-corrected chi connectivity index (χ0v) is 17.1. The van der Waals surface area contributed by atoms with E-state index in [0.717, 1.165) is 38.3 Å². The molecule has 3 rings (SSSR count). The molecule has 154 valence electrons. The number of hydrogen-bond acceptors (Lipinski definition) is 3. The molecule has 1 saturated heterocycles. The molecule has 1 unspecified atom stereocenters. The summed E-state index contributed by atoms with van der Waals surface area (Å²) in [6.45, 7) is 7.19. The number of nitrogens with one attached hydrogen (secondary N) is 1. The van der Waals surface area contributed by atoms with Gasteiger partial charge in [0.25, 0.3) is 0 Å². The Morgan fingerprint density at radius 3 is 2.45 bits per heavy atom. The first-order valence-corrected chi connectivity index (χ1v) is 10.3. The molecule has 0 aliphatic carbocycles. The predicted octanol–water partition coefficient (Wildman–Crippen LogP) is 3.20. The average molecular weight is 396 g/mol. The summed E-state index contributed by atoms with van der Waals surface area (Å²) in [4.78, 5) is 17.1. The Morgan fingerprint density at radius 2 is 1.76 bits per heavy atom. The van der Waals surface area contributed by atoms with Gasteiger partial charge in [-0.15, -0.1) is 0 Å². The Labute approximate surface area is 173 Å². The minimum Gasteiger partial charge on any atom is -0.354 e. The van der Waals surface area contributed by atoms with Crippen LogP contribution in [-0.2, 0) is 11.2 Å². The molecule has 1 aliphatic heterocycles. The van der Waals surface area contributed by atoms with Crippen molar-refractivity contribution >= 4 is 12.0 Å². The molecule has 5 heteroatoms. The second-order valence-corrected chi connectivity index (χ2v) is 7.49. The summed E-state index contributed by atoms with van der Waals surface area (Å²) in [7, 11) is 0. The van der Waals surface area contributed by atoms with Crippen molar-refractivity contribution in [3.8, 4) is 0 Å². The Kier molecular flexibility index (Phi) is 7.96. The van der Waals surface area contributed by atoms with E-state index >= 15 is 0 Å². The Morgan fingerprint density at radius 1 is 1.07 bits per heavy atom. The van der Waals surface area contributed by atoms with Crippen molar-refractivity contribution in [2.75, 3.05) is 39.3 Å². The molecule has 4 nitrogen and oxygen atoms in total. The van der Waals surface area contributed by atoms with Gasteiger partial charge < -0.3 is 5.32 Å². The fraction of sp³-hybridized carbons (Fsp3) is 0.375. The van der Waals surface area contributed by atoms with Gasteiger partial charge in [0, 0.05) is 39.3 Å². The van der Waals surface area contributed by atoms with Crippen LogP contribution in [0.3, 0.4) is 0 Å². The van der Waals surface area contributed by atoms with Crippen molar-refractivity contribution in [2.45, 2.75) is 19.4 Å². The molecular weight excluding hydrogens is 365 g/mol. The Balaban J connectivity index is 1.35. The quantitative estimate of drug-likeness (QED) is 0.746. The van der Waals surface area contributed by atoms with E-state index < -0.39 is 0 Å². The monoisotopic (exact) mass is 395 g/mol. The molecule has 29 heavy (non-hydrogen) atoms. The van der Waals surface area contributed by atoms with Gasteiger partial charge in [0.2, 0.25) is 5.91 Å². The molecule has 1 N–H and O–H groups in total. The maximum atomic E-state index is 12.9. The van der Waals surface area contributed by atoms with E-state index in [9.17, 15) is 9.18 Å². The van der Waals surface area contributed by atoms with Gasteiger partial charge in [0.1, 0.15) is 5.82 Å². The van der Waals surface area contributed by atoms with Crippen LogP contribution in [-0.4, -0.2) is 61.0 Å². The van der Waals surface area contributed by atoms with Crippen LogP contribution >= 0.6 is 0 Å². The lowest BCUT2D eigenvalue weighted by Gasteiger charge is -2.37. The third kappa shape index (κ3) is 6.80. The third-order valence-corrected chi connectivity index (χ3v) is 5.43. The lowest BCUT2D eigenvalue weighted by atomic mass is 10.1. The highest BCUT2D eigenvalue weighted by molar-refractivity contribution is 5.81. The predicted molar refractivity (Wildman–Crippen MR) is 116 cm³/mol. The van der Waals surface area contributed by atoms with Crippen LogP contribution in [0.25, 0.3) is 6.08 Å². The summed E-state index contributed by atoms with van der Waals surface area (Å²) < 4.78 is 12.9. The van der Waals surface area contributed by atoms with Crippen LogP contribution in [0.2, 0.25) is 0 Å².